The Kier molecular flexibility index (Phi) is 3.27. The van der Waals surface area contributed by atoms with Crippen LogP contribution in [0.1, 0.15) is 22.3 Å². The van der Waals surface area contributed by atoms with E-state index in [2.05, 4.69) is 16.0 Å². The summed E-state index contributed by atoms with van der Waals surface area (Å²) in [5, 5.41) is 4.28. The molecule has 2 heterocycles. The quantitative estimate of drug-likeness (QED) is 0.794. The number of nitrogens with zero attached hydrogens (tertiary/aromatic N) is 2. The summed E-state index contributed by atoms with van der Waals surface area (Å²) in [4.78, 5) is 8.84. The molecule has 0 amide bonds. The molecule has 0 radical (unpaired) electrons. The molecule has 3 nitrogen and oxygen atoms in total. The highest BCUT2D eigenvalue weighted by atomic mass is 32.1. The smallest absolute Gasteiger partial charge is 0.0898 e. The van der Waals surface area contributed by atoms with Crippen LogP contribution >= 0.6 is 11.3 Å². The molecule has 3 aromatic rings. The maximum atomic E-state index is 6.26. The van der Waals surface area contributed by atoms with Gasteiger partial charge in [-0.25, -0.2) is 4.98 Å². The minimum atomic E-state index is -0.0595. The molecular formula is C15H15N3S. The van der Waals surface area contributed by atoms with Crippen LogP contribution in [-0.2, 0) is 6.42 Å². The molecule has 96 valence electrons. The number of fused-ring (bicyclic) bond motifs is 1. The SMILES string of the molecule is Cc1nc(C(N)Cc2ccnc3ccccc23)cs1. The molecule has 0 fully saturated rings. The first-order chi connectivity index (χ1) is 9.24. The number of pyridine rings is 1. The molecule has 0 spiro atoms. The summed E-state index contributed by atoms with van der Waals surface area (Å²) < 4.78 is 0. The van der Waals surface area contributed by atoms with E-state index in [1.54, 1.807) is 11.3 Å². The predicted octanol–water partition coefficient (Wildman–Crippen LogP) is 3.24. The van der Waals surface area contributed by atoms with Crippen LogP contribution in [0.3, 0.4) is 0 Å². The molecule has 0 saturated carbocycles. The normalized spacial score (nSPS) is 12.7. The molecule has 0 bridgehead atoms. The lowest BCUT2D eigenvalue weighted by Crippen LogP contribution is -2.14. The minimum Gasteiger partial charge on any atom is -0.322 e. The van der Waals surface area contributed by atoms with Crippen LogP contribution < -0.4 is 5.73 Å². The Morgan fingerprint density at radius 2 is 2.11 bits per heavy atom. The standard InChI is InChI=1S/C15H15N3S/c1-10-18-15(9-19-10)13(16)8-11-6-7-17-14-5-3-2-4-12(11)14/h2-7,9,13H,8,16H2,1H3. The zero-order chi connectivity index (χ0) is 13.2. The van der Waals surface area contributed by atoms with E-state index < -0.39 is 0 Å². The van der Waals surface area contributed by atoms with Gasteiger partial charge in [-0.1, -0.05) is 18.2 Å². The molecule has 1 atom stereocenters. The summed E-state index contributed by atoms with van der Waals surface area (Å²) in [6.07, 6.45) is 2.63. The van der Waals surface area contributed by atoms with Gasteiger partial charge in [0.25, 0.3) is 0 Å². The number of thiazole rings is 1. The summed E-state index contributed by atoms with van der Waals surface area (Å²) in [7, 11) is 0. The Morgan fingerprint density at radius 3 is 2.89 bits per heavy atom. The first-order valence-electron chi connectivity index (χ1n) is 6.24. The Labute approximate surface area is 116 Å². The lowest BCUT2D eigenvalue weighted by molar-refractivity contribution is 0.703. The number of nitrogens with two attached hydrogens (primary N) is 1. The van der Waals surface area contributed by atoms with Crippen molar-refractivity contribution in [3.8, 4) is 0 Å². The molecule has 0 saturated heterocycles. The van der Waals surface area contributed by atoms with E-state index in [0.29, 0.717) is 0 Å². The van der Waals surface area contributed by atoms with Crippen molar-refractivity contribution in [3.05, 3.63) is 58.2 Å². The van der Waals surface area contributed by atoms with Gasteiger partial charge in [0.1, 0.15) is 0 Å². The second-order valence-corrected chi connectivity index (χ2v) is 5.65. The van der Waals surface area contributed by atoms with Crippen molar-refractivity contribution >= 4 is 22.2 Å². The maximum Gasteiger partial charge on any atom is 0.0898 e. The van der Waals surface area contributed by atoms with Crippen molar-refractivity contribution in [3.63, 3.8) is 0 Å². The average molecular weight is 269 g/mol. The molecule has 1 unspecified atom stereocenters. The lowest BCUT2D eigenvalue weighted by Gasteiger charge is -2.11. The number of rotatable bonds is 3. The molecule has 0 aliphatic carbocycles. The highest BCUT2D eigenvalue weighted by molar-refractivity contribution is 7.09. The maximum absolute atomic E-state index is 6.26. The summed E-state index contributed by atoms with van der Waals surface area (Å²) in [5.74, 6) is 0. The van der Waals surface area contributed by atoms with E-state index >= 15 is 0 Å². The highest BCUT2D eigenvalue weighted by Crippen LogP contribution is 2.22. The molecule has 3 rings (SSSR count). The first kappa shape index (κ1) is 12.3. The van der Waals surface area contributed by atoms with Gasteiger partial charge in [-0.15, -0.1) is 11.3 Å². The fraction of sp³-hybridized carbons (Fsp3) is 0.200. The molecule has 2 N–H and O–H groups in total. The van der Waals surface area contributed by atoms with E-state index in [1.165, 1.54) is 10.9 Å². The van der Waals surface area contributed by atoms with E-state index in [-0.39, 0.29) is 6.04 Å². The van der Waals surface area contributed by atoms with E-state index in [0.717, 1.165) is 22.6 Å². The van der Waals surface area contributed by atoms with Gasteiger partial charge in [-0.3, -0.25) is 4.98 Å². The topological polar surface area (TPSA) is 51.8 Å². The predicted molar refractivity (Wildman–Crippen MR) is 79.2 cm³/mol. The van der Waals surface area contributed by atoms with Gasteiger partial charge in [0.2, 0.25) is 0 Å². The molecule has 2 aromatic heterocycles. The van der Waals surface area contributed by atoms with Crippen molar-refractivity contribution in [1.82, 2.24) is 9.97 Å². The van der Waals surface area contributed by atoms with Crippen molar-refractivity contribution in [1.29, 1.82) is 0 Å². The number of aromatic nitrogens is 2. The number of hydrogen-bond acceptors (Lipinski definition) is 4. The van der Waals surface area contributed by atoms with Crippen LogP contribution in [0.25, 0.3) is 10.9 Å². The van der Waals surface area contributed by atoms with Crippen LogP contribution in [0, 0.1) is 6.92 Å². The zero-order valence-electron chi connectivity index (χ0n) is 10.7. The minimum absolute atomic E-state index is 0.0595. The van der Waals surface area contributed by atoms with Gasteiger partial charge < -0.3 is 5.73 Å². The Balaban J connectivity index is 1.93. The monoisotopic (exact) mass is 269 g/mol. The summed E-state index contributed by atoms with van der Waals surface area (Å²) in [6, 6.07) is 10.1. The largest absolute Gasteiger partial charge is 0.322 e. The second-order valence-electron chi connectivity index (χ2n) is 4.59. The fourth-order valence-electron chi connectivity index (χ4n) is 2.23. The third-order valence-corrected chi connectivity index (χ3v) is 3.99. The lowest BCUT2D eigenvalue weighted by atomic mass is 10.0. The molecule has 4 heteroatoms. The van der Waals surface area contributed by atoms with Crippen LogP contribution in [0.2, 0.25) is 0 Å². The van der Waals surface area contributed by atoms with Gasteiger partial charge in [-0.2, -0.15) is 0 Å². The van der Waals surface area contributed by atoms with Gasteiger partial charge >= 0.3 is 0 Å². The molecule has 0 aliphatic rings. The van der Waals surface area contributed by atoms with E-state index in [4.69, 9.17) is 5.73 Å². The third kappa shape index (κ3) is 2.50. The Morgan fingerprint density at radius 1 is 1.26 bits per heavy atom. The number of benzene rings is 1. The highest BCUT2D eigenvalue weighted by Gasteiger charge is 2.12. The van der Waals surface area contributed by atoms with E-state index in [9.17, 15) is 0 Å². The number of para-hydroxylation sites is 1. The van der Waals surface area contributed by atoms with Gasteiger partial charge in [0.05, 0.1) is 22.3 Å². The van der Waals surface area contributed by atoms with Gasteiger partial charge in [0.15, 0.2) is 0 Å². The van der Waals surface area contributed by atoms with E-state index in [1.807, 2.05) is 42.8 Å². The summed E-state index contributed by atoms with van der Waals surface area (Å²) in [5.41, 5.74) is 9.47. The molecular weight excluding hydrogens is 254 g/mol. The van der Waals surface area contributed by atoms with Crippen LogP contribution in [0.15, 0.2) is 41.9 Å². The van der Waals surface area contributed by atoms with Crippen LogP contribution in [0.5, 0.6) is 0 Å². The molecule has 1 aromatic carbocycles. The second kappa shape index (κ2) is 5.07. The van der Waals surface area contributed by atoms with Crippen molar-refractivity contribution in [2.45, 2.75) is 19.4 Å². The molecule has 19 heavy (non-hydrogen) atoms. The van der Waals surface area contributed by atoms with Gasteiger partial charge in [0, 0.05) is 17.0 Å². The first-order valence-corrected chi connectivity index (χ1v) is 7.12. The number of aryl methyl sites for hydroxylation is 1. The number of hydrogen-bond donors (Lipinski definition) is 1. The summed E-state index contributed by atoms with van der Waals surface area (Å²) >= 11 is 1.64. The van der Waals surface area contributed by atoms with Crippen LogP contribution in [-0.4, -0.2) is 9.97 Å². The van der Waals surface area contributed by atoms with Crippen molar-refractivity contribution in [2.75, 3.05) is 0 Å². The summed E-state index contributed by atoms with van der Waals surface area (Å²) in [6.45, 7) is 2.00. The zero-order valence-corrected chi connectivity index (χ0v) is 11.5. The molecule has 0 aliphatic heterocycles. The Hall–Kier alpha value is -1.78. The van der Waals surface area contributed by atoms with Crippen molar-refractivity contribution in [2.24, 2.45) is 5.73 Å². The third-order valence-electron chi connectivity index (χ3n) is 3.20. The fourth-order valence-corrected chi connectivity index (χ4v) is 2.90. The Bertz CT molecular complexity index is 700. The average Bonchev–Trinajstić information content (AvgIpc) is 2.86. The van der Waals surface area contributed by atoms with Crippen LogP contribution in [0.4, 0.5) is 0 Å². The van der Waals surface area contributed by atoms with Crippen molar-refractivity contribution < 1.29 is 0 Å². The van der Waals surface area contributed by atoms with Gasteiger partial charge in [-0.05, 0) is 31.0 Å².